The van der Waals surface area contributed by atoms with Crippen molar-refractivity contribution in [1.29, 1.82) is 0 Å². The third-order valence-corrected chi connectivity index (χ3v) is 3.26. The topological polar surface area (TPSA) is 42.0 Å². The molecule has 2 aromatic rings. The van der Waals surface area contributed by atoms with E-state index in [2.05, 4.69) is 28.5 Å². The minimum atomic E-state index is -0.00439. The Morgan fingerprint density at radius 3 is 2.76 bits per heavy atom. The van der Waals surface area contributed by atoms with Gasteiger partial charge in [-0.25, -0.2) is 4.98 Å². The third-order valence-electron chi connectivity index (χ3n) is 2.50. The number of thiazole rings is 1. The van der Waals surface area contributed by atoms with Gasteiger partial charge < -0.3 is 5.32 Å². The van der Waals surface area contributed by atoms with Crippen LogP contribution in [0.2, 0.25) is 0 Å². The minimum Gasteiger partial charge on any atom is -0.331 e. The van der Waals surface area contributed by atoms with Crippen LogP contribution in [-0.2, 0) is 0 Å². The first-order valence-electron chi connectivity index (χ1n) is 5.37. The van der Waals surface area contributed by atoms with Gasteiger partial charge in [-0.05, 0) is 31.0 Å². The molecule has 0 spiro atoms. The number of benzene rings is 1. The molecule has 3 nitrogen and oxygen atoms in total. The molecule has 4 heteroatoms. The van der Waals surface area contributed by atoms with Crippen LogP contribution in [0.25, 0.3) is 0 Å². The molecular formula is C13H14N2OS. The molecule has 2 rings (SSSR count). The van der Waals surface area contributed by atoms with Crippen molar-refractivity contribution in [1.82, 2.24) is 4.98 Å². The maximum atomic E-state index is 11.1. The van der Waals surface area contributed by atoms with Gasteiger partial charge in [0, 0.05) is 18.0 Å². The van der Waals surface area contributed by atoms with E-state index in [0.717, 1.165) is 16.4 Å². The summed E-state index contributed by atoms with van der Waals surface area (Å²) in [4.78, 5) is 15.4. The first-order valence-corrected chi connectivity index (χ1v) is 6.25. The highest BCUT2D eigenvalue weighted by Crippen LogP contribution is 2.24. The van der Waals surface area contributed by atoms with E-state index < -0.39 is 0 Å². The number of nitrogens with zero attached hydrogens (tertiary/aromatic N) is 1. The van der Waals surface area contributed by atoms with Gasteiger partial charge in [-0.2, -0.15) is 0 Å². The van der Waals surface area contributed by atoms with E-state index in [4.69, 9.17) is 0 Å². The maximum absolute atomic E-state index is 11.1. The number of aryl methyl sites for hydroxylation is 2. The second-order valence-corrected chi connectivity index (χ2v) is 4.90. The molecule has 0 radical (unpaired) electrons. The number of hydrogen-bond donors (Lipinski definition) is 1. The molecule has 17 heavy (non-hydrogen) atoms. The average molecular weight is 246 g/mol. The Hall–Kier alpha value is -1.68. The van der Waals surface area contributed by atoms with E-state index >= 15 is 0 Å². The average Bonchev–Trinajstić information content (AvgIpc) is 2.72. The van der Waals surface area contributed by atoms with E-state index in [9.17, 15) is 4.79 Å². The lowest BCUT2D eigenvalue weighted by atomic mass is 10.1. The van der Waals surface area contributed by atoms with Gasteiger partial charge in [0.25, 0.3) is 0 Å². The fourth-order valence-electron chi connectivity index (χ4n) is 1.48. The van der Waals surface area contributed by atoms with Crippen molar-refractivity contribution in [3.8, 4) is 0 Å². The van der Waals surface area contributed by atoms with Crippen LogP contribution < -0.4 is 5.32 Å². The molecule has 0 aliphatic heterocycles. The lowest BCUT2D eigenvalue weighted by Gasteiger charge is -2.07. The second kappa shape index (κ2) is 4.67. The van der Waals surface area contributed by atoms with Crippen molar-refractivity contribution >= 4 is 27.9 Å². The highest BCUT2D eigenvalue weighted by Gasteiger charge is 2.07. The van der Waals surface area contributed by atoms with Gasteiger partial charge >= 0.3 is 0 Å². The van der Waals surface area contributed by atoms with Crippen molar-refractivity contribution in [2.45, 2.75) is 20.8 Å². The SMILES string of the molecule is CC(=O)c1csc(Nc2cc(C)ccc2C)n1. The van der Waals surface area contributed by atoms with E-state index in [1.807, 2.05) is 13.8 Å². The standard InChI is InChI=1S/C13H14N2OS/c1-8-4-5-9(2)11(6-8)14-13-15-12(7-17-13)10(3)16/h4-7H,1-3H3,(H,14,15). The Morgan fingerprint density at radius 1 is 1.35 bits per heavy atom. The molecule has 1 aromatic heterocycles. The van der Waals surface area contributed by atoms with Crippen LogP contribution >= 0.6 is 11.3 Å². The van der Waals surface area contributed by atoms with Gasteiger partial charge in [-0.3, -0.25) is 4.79 Å². The molecule has 1 aromatic carbocycles. The van der Waals surface area contributed by atoms with E-state index in [1.165, 1.54) is 23.8 Å². The highest BCUT2D eigenvalue weighted by molar-refractivity contribution is 7.14. The highest BCUT2D eigenvalue weighted by atomic mass is 32.1. The van der Waals surface area contributed by atoms with Gasteiger partial charge in [0.15, 0.2) is 10.9 Å². The van der Waals surface area contributed by atoms with Crippen molar-refractivity contribution in [2.24, 2.45) is 0 Å². The molecule has 0 unspecified atom stereocenters. The summed E-state index contributed by atoms with van der Waals surface area (Å²) in [5, 5.41) is 5.77. The van der Waals surface area contributed by atoms with Crippen molar-refractivity contribution in [3.63, 3.8) is 0 Å². The second-order valence-electron chi connectivity index (χ2n) is 4.04. The molecule has 0 saturated carbocycles. The number of carbonyl (C=O) groups excluding carboxylic acids is 1. The lowest BCUT2D eigenvalue weighted by Crippen LogP contribution is -1.96. The molecule has 0 amide bonds. The fraction of sp³-hybridized carbons (Fsp3) is 0.231. The summed E-state index contributed by atoms with van der Waals surface area (Å²) in [6, 6.07) is 6.21. The molecular weight excluding hydrogens is 232 g/mol. The molecule has 0 atom stereocenters. The molecule has 1 N–H and O–H groups in total. The smallest absolute Gasteiger partial charge is 0.187 e. The predicted molar refractivity (Wildman–Crippen MR) is 71.3 cm³/mol. The lowest BCUT2D eigenvalue weighted by molar-refractivity contribution is 0.101. The van der Waals surface area contributed by atoms with Crippen molar-refractivity contribution in [3.05, 3.63) is 40.4 Å². The maximum Gasteiger partial charge on any atom is 0.187 e. The number of aromatic nitrogens is 1. The predicted octanol–water partition coefficient (Wildman–Crippen LogP) is 3.71. The molecule has 0 saturated heterocycles. The number of carbonyl (C=O) groups is 1. The zero-order valence-electron chi connectivity index (χ0n) is 10.1. The Balaban J connectivity index is 2.25. The van der Waals surface area contributed by atoms with Crippen LogP contribution in [0.4, 0.5) is 10.8 Å². The Morgan fingerprint density at radius 2 is 2.12 bits per heavy atom. The number of hydrogen-bond acceptors (Lipinski definition) is 4. The van der Waals surface area contributed by atoms with Gasteiger partial charge in [0.1, 0.15) is 5.69 Å². The largest absolute Gasteiger partial charge is 0.331 e. The molecule has 0 aliphatic carbocycles. The third kappa shape index (κ3) is 2.71. The van der Waals surface area contributed by atoms with Gasteiger partial charge in [-0.15, -0.1) is 11.3 Å². The minimum absolute atomic E-state index is 0.00439. The number of rotatable bonds is 3. The summed E-state index contributed by atoms with van der Waals surface area (Å²) in [6.07, 6.45) is 0. The summed E-state index contributed by atoms with van der Waals surface area (Å²) in [7, 11) is 0. The monoisotopic (exact) mass is 246 g/mol. The molecule has 0 fully saturated rings. The zero-order chi connectivity index (χ0) is 12.4. The van der Waals surface area contributed by atoms with Crippen LogP contribution in [0.15, 0.2) is 23.6 Å². The number of anilines is 2. The summed E-state index contributed by atoms with van der Waals surface area (Å²) < 4.78 is 0. The van der Waals surface area contributed by atoms with Gasteiger partial charge in [0.2, 0.25) is 0 Å². The van der Waals surface area contributed by atoms with E-state index in [-0.39, 0.29) is 5.78 Å². The van der Waals surface area contributed by atoms with Crippen molar-refractivity contribution < 1.29 is 4.79 Å². The van der Waals surface area contributed by atoms with Crippen LogP contribution in [0.5, 0.6) is 0 Å². The van der Waals surface area contributed by atoms with E-state index in [0.29, 0.717) is 5.69 Å². The van der Waals surface area contributed by atoms with Crippen LogP contribution in [0, 0.1) is 13.8 Å². The van der Waals surface area contributed by atoms with Gasteiger partial charge in [-0.1, -0.05) is 12.1 Å². The summed E-state index contributed by atoms with van der Waals surface area (Å²) >= 11 is 1.44. The normalized spacial score (nSPS) is 10.3. The number of nitrogens with one attached hydrogen (secondary N) is 1. The summed E-state index contributed by atoms with van der Waals surface area (Å²) in [5.41, 5.74) is 3.91. The van der Waals surface area contributed by atoms with Crippen LogP contribution in [-0.4, -0.2) is 10.8 Å². The molecule has 0 bridgehead atoms. The Bertz CT molecular complexity index is 560. The molecule has 88 valence electrons. The zero-order valence-corrected chi connectivity index (χ0v) is 10.9. The quantitative estimate of drug-likeness (QED) is 0.839. The Labute approximate surface area is 105 Å². The molecule has 1 heterocycles. The van der Waals surface area contributed by atoms with Crippen molar-refractivity contribution in [2.75, 3.05) is 5.32 Å². The summed E-state index contributed by atoms with van der Waals surface area (Å²) in [5.74, 6) is -0.00439. The van der Waals surface area contributed by atoms with Crippen LogP contribution in [0.3, 0.4) is 0 Å². The van der Waals surface area contributed by atoms with Gasteiger partial charge in [0.05, 0.1) is 0 Å². The number of Topliss-reactive ketones (excluding diaryl/α,β-unsaturated/α-hetero) is 1. The molecule has 0 aliphatic rings. The fourth-order valence-corrected chi connectivity index (χ4v) is 2.24. The first kappa shape index (κ1) is 11.8. The van der Waals surface area contributed by atoms with Crippen LogP contribution in [0.1, 0.15) is 28.5 Å². The number of ketones is 1. The first-order chi connectivity index (χ1) is 8.06. The summed E-state index contributed by atoms with van der Waals surface area (Å²) in [6.45, 7) is 5.62. The Kier molecular flexibility index (Phi) is 3.24. The van der Waals surface area contributed by atoms with E-state index in [1.54, 1.807) is 5.38 Å².